The SMILES string of the molecule is CN(CCCCCO)c1ccc(CO)cc1Cl. The number of benzene rings is 1. The molecule has 0 bridgehead atoms. The van der Waals surface area contributed by atoms with Crippen molar-refractivity contribution in [2.24, 2.45) is 0 Å². The second kappa shape index (κ2) is 7.54. The van der Waals surface area contributed by atoms with Crippen molar-refractivity contribution in [3.05, 3.63) is 28.8 Å². The second-order valence-corrected chi connectivity index (χ2v) is 4.56. The fourth-order valence-electron chi connectivity index (χ4n) is 1.72. The zero-order chi connectivity index (χ0) is 12.7. The van der Waals surface area contributed by atoms with E-state index in [1.54, 1.807) is 6.07 Å². The third-order valence-electron chi connectivity index (χ3n) is 2.76. The van der Waals surface area contributed by atoms with E-state index < -0.39 is 0 Å². The molecule has 0 aliphatic carbocycles. The van der Waals surface area contributed by atoms with E-state index in [9.17, 15) is 0 Å². The molecule has 0 amide bonds. The highest BCUT2D eigenvalue weighted by Gasteiger charge is 2.06. The summed E-state index contributed by atoms with van der Waals surface area (Å²) in [7, 11) is 2.00. The molecular formula is C13H20ClNO2. The number of hydrogen-bond acceptors (Lipinski definition) is 3. The fraction of sp³-hybridized carbons (Fsp3) is 0.538. The van der Waals surface area contributed by atoms with Crippen LogP contribution in [0.4, 0.5) is 5.69 Å². The third-order valence-corrected chi connectivity index (χ3v) is 3.06. The predicted octanol–water partition coefficient (Wildman–Crippen LogP) is 2.43. The average Bonchev–Trinajstić information content (AvgIpc) is 2.34. The van der Waals surface area contributed by atoms with E-state index in [-0.39, 0.29) is 13.2 Å². The summed E-state index contributed by atoms with van der Waals surface area (Å²) in [5.74, 6) is 0. The first-order chi connectivity index (χ1) is 8.19. The lowest BCUT2D eigenvalue weighted by atomic mass is 10.2. The Labute approximate surface area is 108 Å². The zero-order valence-corrected chi connectivity index (χ0v) is 11.0. The molecule has 0 radical (unpaired) electrons. The highest BCUT2D eigenvalue weighted by molar-refractivity contribution is 6.33. The molecular weight excluding hydrogens is 238 g/mol. The van der Waals surface area contributed by atoms with Crippen molar-refractivity contribution < 1.29 is 10.2 Å². The van der Waals surface area contributed by atoms with Gasteiger partial charge in [0.1, 0.15) is 0 Å². The number of aliphatic hydroxyl groups is 2. The molecule has 1 rings (SSSR count). The Hall–Kier alpha value is -0.770. The van der Waals surface area contributed by atoms with E-state index in [1.165, 1.54) is 0 Å². The number of hydrogen-bond donors (Lipinski definition) is 2. The minimum Gasteiger partial charge on any atom is -0.396 e. The molecule has 1 aromatic carbocycles. The molecule has 0 fully saturated rings. The summed E-state index contributed by atoms with van der Waals surface area (Å²) >= 11 is 6.15. The van der Waals surface area contributed by atoms with Gasteiger partial charge in [-0.3, -0.25) is 0 Å². The zero-order valence-electron chi connectivity index (χ0n) is 10.2. The van der Waals surface area contributed by atoms with Gasteiger partial charge in [0.2, 0.25) is 0 Å². The maximum Gasteiger partial charge on any atom is 0.0682 e. The van der Waals surface area contributed by atoms with Gasteiger partial charge in [-0.2, -0.15) is 0 Å². The van der Waals surface area contributed by atoms with Crippen LogP contribution in [0.25, 0.3) is 0 Å². The average molecular weight is 258 g/mol. The molecule has 0 heterocycles. The smallest absolute Gasteiger partial charge is 0.0682 e. The quantitative estimate of drug-likeness (QED) is 0.738. The van der Waals surface area contributed by atoms with Crippen LogP contribution in [0.15, 0.2) is 18.2 Å². The van der Waals surface area contributed by atoms with Gasteiger partial charge in [-0.05, 0) is 37.0 Å². The van der Waals surface area contributed by atoms with Crippen LogP contribution in [-0.2, 0) is 6.61 Å². The number of anilines is 1. The van der Waals surface area contributed by atoms with Crippen LogP contribution in [-0.4, -0.2) is 30.4 Å². The lowest BCUT2D eigenvalue weighted by Crippen LogP contribution is -2.18. The summed E-state index contributed by atoms with van der Waals surface area (Å²) in [6, 6.07) is 5.60. The van der Waals surface area contributed by atoms with Crippen LogP contribution in [0.1, 0.15) is 24.8 Å². The van der Waals surface area contributed by atoms with Crippen molar-refractivity contribution in [3.63, 3.8) is 0 Å². The molecule has 0 aromatic heterocycles. The van der Waals surface area contributed by atoms with Gasteiger partial charge < -0.3 is 15.1 Å². The van der Waals surface area contributed by atoms with Gasteiger partial charge in [0.25, 0.3) is 0 Å². The highest BCUT2D eigenvalue weighted by Crippen LogP contribution is 2.26. The first kappa shape index (κ1) is 14.3. The molecule has 0 spiro atoms. The molecule has 0 saturated heterocycles. The Kier molecular flexibility index (Phi) is 6.34. The second-order valence-electron chi connectivity index (χ2n) is 4.15. The maximum atomic E-state index is 9.00. The summed E-state index contributed by atoms with van der Waals surface area (Å²) in [6.45, 7) is 1.19. The highest BCUT2D eigenvalue weighted by atomic mass is 35.5. The van der Waals surface area contributed by atoms with E-state index >= 15 is 0 Å². The van der Waals surface area contributed by atoms with Gasteiger partial charge in [-0.25, -0.2) is 0 Å². The van der Waals surface area contributed by atoms with Crippen LogP contribution in [0.2, 0.25) is 5.02 Å². The van der Waals surface area contributed by atoms with Crippen molar-refractivity contribution in [3.8, 4) is 0 Å². The number of rotatable bonds is 7. The Morgan fingerprint density at radius 3 is 2.53 bits per heavy atom. The van der Waals surface area contributed by atoms with Crippen LogP contribution >= 0.6 is 11.6 Å². The maximum absolute atomic E-state index is 9.00. The summed E-state index contributed by atoms with van der Waals surface area (Å²) in [6.07, 6.45) is 2.91. The van der Waals surface area contributed by atoms with Crippen molar-refractivity contribution in [1.29, 1.82) is 0 Å². The van der Waals surface area contributed by atoms with Crippen LogP contribution < -0.4 is 4.90 Å². The molecule has 2 N–H and O–H groups in total. The minimum absolute atomic E-state index is 0.0141. The number of aliphatic hydroxyl groups excluding tert-OH is 2. The molecule has 4 heteroatoms. The summed E-state index contributed by atoms with van der Waals surface area (Å²) in [5, 5.41) is 18.4. The van der Waals surface area contributed by atoms with Gasteiger partial charge in [0.05, 0.1) is 17.3 Å². The van der Waals surface area contributed by atoms with E-state index in [0.717, 1.165) is 37.1 Å². The Morgan fingerprint density at radius 2 is 1.94 bits per heavy atom. The molecule has 0 aliphatic rings. The lowest BCUT2D eigenvalue weighted by Gasteiger charge is -2.20. The number of unbranched alkanes of at least 4 members (excludes halogenated alkanes) is 2. The largest absolute Gasteiger partial charge is 0.396 e. The van der Waals surface area contributed by atoms with Crippen molar-refractivity contribution in [1.82, 2.24) is 0 Å². The number of halogens is 1. The fourth-order valence-corrected chi connectivity index (χ4v) is 2.06. The molecule has 0 unspecified atom stereocenters. The molecule has 17 heavy (non-hydrogen) atoms. The summed E-state index contributed by atoms with van der Waals surface area (Å²) in [5.41, 5.74) is 1.81. The van der Waals surface area contributed by atoms with Crippen LogP contribution in [0, 0.1) is 0 Å². The van der Waals surface area contributed by atoms with E-state index in [1.807, 2.05) is 19.2 Å². The van der Waals surface area contributed by atoms with Crippen molar-refractivity contribution in [2.75, 3.05) is 25.1 Å². The van der Waals surface area contributed by atoms with Crippen molar-refractivity contribution in [2.45, 2.75) is 25.9 Å². The first-order valence-corrected chi connectivity index (χ1v) is 6.28. The monoisotopic (exact) mass is 257 g/mol. The predicted molar refractivity (Wildman–Crippen MR) is 71.6 cm³/mol. The minimum atomic E-state index is 0.0141. The van der Waals surface area contributed by atoms with Crippen LogP contribution in [0.5, 0.6) is 0 Å². The standard InChI is InChI=1S/C13H20ClNO2/c1-15(7-3-2-4-8-16)13-6-5-11(10-17)9-12(13)14/h5-6,9,16-17H,2-4,7-8,10H2,1H3. The lowest BCUT2D eigenvalue weighted by molar-refractivity contribution is 0.282. The van der Waals surface area contributed by atoms with Gasteiger partial charge in [-0.15, -0.1) is 0 Å². The Morgan fingerprint density at radius 1 is 1.18 bits per heavy atom. The van der Waals surface area contributed by atoms with E-state index in [2.05, 4.69) is 4.90 Å². The van der Waals surface area contributed by atoms with Crippen LogP contribution in [0.3, 0.4) is 0 Å². The molecule has 0 saturated carbocycles. The van der Waals surface area contributed by atoms with Gasteiger partial charge in [-0.1, -0.05) is 17.7 Å². The first-order valence-electron chi connectivity index (χ1n) is 5.90. The normalized spacial score (nSPS) is 10.6. The van der Waals surface area contributed by atoms with E-state index in [4.69, 9.17) is 21.8 Å². The topological polar surface area (TPSA) is 43.7 Å². The molecule has 0 atom stereocenters. The summed E-state index contributed by atoms with van der Waals surface area (Å²) in [4.78, 5) is 2.10. The van der Waals surface area contributed by atoms with Gasteiger partial charge in [0, 0.05) is 20.2 Å². The van der Waals surface area contributed by atoms with E-state index in [0.29, 0.717) is 5.02 Å². The Bertz CT molecular complexity index is 344. The molecule has 96 valence electrons. The Balaban J connectivity index is 2.53. The molecule has 3 nitrogen and oxygen atoms in total. The van der Waals surface area contributed by atoms with Crippen molar-refractivity contribution >= 4 is 17.3 Å². The molecule has 0 aliphatic heterocycles. The van der Waals surface area contributed by atoms with Gasteiger partial charge in [0.15, 0.2) is 0 Å². The summed E-state index contributed by atoms with van der Waals surface area (Å²) < 4.78 is 0. The molecule has 1 aromatic rings. The third kappa shape index (κ3) is 4.54. The van der Waals surface area contributed by atoms with Gasteiger partial charge >= 0.3 is 0 Å². The number of nitrogens with zero attached hydrogens (tertiary/aromatic N) is 1.